The summed E-state index contributed by atoms with van der Waals surface area (Å²) in [5, 5.41) is 2.09. The highest BCUT2D eigenvalue weighted by Crippen LogP contribution is 2.08. The minimum Gasteiger partial charge on any atom is -0.481 e. The van der Waals surface area contributed by atoms with E-state index in [-0.39, 0.29) is 0 Å². The SMILES string of the molecule is COc1ccc2c(n1)=CN(C)CC=2Br. The van der Waals surface area contributed by atoms with Crippen LogP contribution in [-0.4, -0.2) is 30.6 Å². The molecule has 2 rings (SSSR count). The van der Waals surface area contributed by atoms with Gasteiger partial charge in [-0.05, 0) is 6.07 Å². The van der Waals surface area contributed by atoms with Crippen molar-refractivity contribution >= 4 is 26.6 Å². The predicted molar refractivity (Wildman–Crippen MR) is 59.5 cm³/mol. The number of rotatable bonds is 1. The van der Waals surface area contributed by atoms with Crippen LogP contribution in [0.2, 0.25) is 0 Å². The standard InChI is InChI=1S/C10H11BrN2O/c1-13-5-8(11)7-3-4-10(14-2)12-9(7)6-13/h3-4,6H,5H2,1-2H3. The normalized spacial score (nSPS) is 14.8. The first-order valence-corrected chi connectivity index (χ1v) is 5.12. The molecule has 74 valence electrons. The van der Waals surface area contributed by atoms with Gasteiger partial charge in [0, 0.05) is 35.6 Å². The van der Waals surface area contributed by atoms with Crippen molar-refractivity contribution in [2.75, 3.05) is 20.7 Å². The zero-order valence-corrected chi connectivity index (χ0v) is 9.71. The van der Waals surface area contributed by atoms with Gasteiger partial charge in [-0.15, -0.1) is 0 Å². The molecule has 1 aromatic rings. The van der Waals surface area contributed by atoms with Gasteiger partial charge in [0.25, 0.3) is 0 Å². The van der Waals surface area contributed by atoms with Gasteiger partial charge in [0.15, 0.2) is 0 Å². The van der Waals surface area contributed by atoms with Gasteiger partial charge in [-0.1, -0.05) is 15.9 Å². The van der Waals surface area contributed by atoms with Crippen molar-refractivity contribution in [2.45, 2.75) is 0 Å². The summed E-state index contributed by atoms with van der Waals surface area (Å²) in [5.41, 5.74) is 0. The topological polar surface area (TPSA) is 25.4 Å². The van der Waals surface area contributed by atoms with Gasteiger partial charge in [0.2, 0.25) is 5.88 Å². The van der Waals surface area contributed by atoms with Crippen molar-refractivity contribution < 1.29 is 4.74 Å². The van der Waals surface area contributed by atoms with E-state index in [2.05, 4.69) is 25.8 Å². The third kappa shape index (κ3) is 1.62. The first kappa shape index (κ1) is 9.52. The van der Waals surface area contributed by atoms with Crippen LogP contribution in [0, 0.1) is 0 Å². The molecule has 14 heavy (non-hydrogen) atoms. The minimum atomic E-state index is 0.649. The molecule has 1 aliphatic rings. The largest absolute Gasteiger partial charge is 0.481 e. The van der Waals surface area contributed by atoms with Crippen LogP contribution in [0.1, 0.15) is 0 Å². The minimum absolute atomic E-state index is 0.649. The summed E-state index contributed by atoms with van der Waals surface area (Å²) in [6.07, 6.45) is 2.02. The second kappa shape index (κ2) is 3.61. The van der Waals surface area contributed by atoms with E-state index in [1.54, 1.807) is 7.11 Å². The van der Waals surface area contributed by atoms with E-state index in [0.717, 1.165) is 21.6 Å². The third-order valence-electron chi connectivity index (χ3n) is 2.13. The fourth-order valence-corrected chi connectivity index (χ4v) is 2.19. The predicted octanol–water partition coefficient (Wildman–Crippen LogP) is 0.277. The molecule has 0 fully saturated rings. The van der Waals surface area contributed by atoms with Crippen molar-refractivity contribution in [2.24, 2.45) is 0 Å². The highest BCUT2D eigenvalue weighted by molar-refractivity contribution is 9.14. The van der Waals surface area contributed by atoms with Crippen molar-refractivity contribution in [3.05, 3.63) is 22.7 Å². The lowest BCUT2D eigenvalue weighted by Crippen LogP contribution is -2.38. The molecule has 0 radical (unpaired) electrons. The fourth-order valence-electron chi connectivity index (χ4n) is 1.46. The smallest absolute Gasteiger partial charge is 0.213 e. The first-order valence-electron chi connectivity index (χ1n) is 4.32. The van der Waals surface area contributed by atoms with Gasteiger partial charge in [0.05, 0.1) is 12.5 Å². The van der Waals surface area contributed by atoms with Crippen LogP contribution in [0.4, 0.5) is 0 Å². The van der Waals surface area contributed by atoms with E-state index in [1.165, 1.54) is 0 Å². The summed E-state index contributed by atoms with van der Waals surface area (Å²) in [5.74, 6) is 0.649. The summed E-state index contributed by atoms with van der Waals surface area (Å²) >= 11 is 3.55. The Morgan fingerprint density at radius 3 is 3.00 bits per heavy atom. The molecular formula is C10H11BrN2O. The molecule has 0 bridgehead atoms. The molecule has 3 nitrogen and oxygen atoms in total. The van der Waals surface area contributed by atoms with Crippen LogP contribution in [-0.2, 0) is 0 Å². The zero-order valence-electron chi connectivity index (χ0n) is 8.12. The van der Waals surface area contributed by atoms with E-state index < -0.39 is 0 Å². The zero-order chi connectivity index (χ0) is 10.1. The number of fused-ring (bicyclic) bond motifs is 1. The molecule has 1 aliphatic heterocycles. The van der Waals surface area contributed by atoms with Crippen molar-refractivity contribution in [3.63, 3.8) is 0 Å². The third-order valence-corrected chi connectivity index (χ3v) is 2.81. The molecule has 0 spiro atoms. The van der Waals surface area contributed by atoms with Crippen molar-refractivity contribution in [1.29, 1.82) is 0 Å². The molecule has 4 heteroatoms. The Morgan fingerprint density at radius 2 is 2.29 bits per heavy atom. The molecule has 0 aromatic carbocycles. The lowest BCUT2D eigenvalue weighted by Gasteiger charge is -2.17. The highest BCUT2D eigenvalue weighted by Gasteiger charge is 2.06. The average Bonchev–Trinajstić information content (AvgIpc) is 2.16. The maximum atomic E-state index is 5.08. The molecule has 0 N–H and O–H groups in total. The maximum Gasteiger partial charge on any atom is 0.213 e. The number of methoxy groups -OCH3 is 1. The van der Waals surface area contributed by atoms with Gasteiger partial charge in [-0.2, -0.15) is 0 Å². The van der Waals surface area contributed by atoms with Crippen LogP contribution in [0.15, 0.2) is 12.1 Å². The van der Waals surface area contributed by atoms with E-state index in [4.69, 9.17) is 4.74 Å². The van der Waals surface area contributed by atoms with Gasteiger partial charge in [0.1, 0.15) is 0 Å². The van der Waals surface area contributed by atoms with Crippen molar-refractivity contribution in [3.8, 4) is 5.88 Å². The van der Waals surface area contributed by atoms with E-state index in [0.29, 0.717) is 5.88 Å². The lowest BCUT2D eigenvalue weighted by atomic mass is 10.2. The fraction of sp³-hybridized carbons (Fsp3) is 0.300. The number of aromatic nitrogens is 1. The van der Waals surface area contributed by atoms with Crippen LogP contribution < -0.4 is 15.3 Å². The summed E-state index contributed by atoms with van der Waals surface area (Å²) in [6, 6.07) is 3.90. The highest BCUT2D eigenvalue weighted by atomic mass is 79.9. The maximum absolute atomic E-state index is 5.08. The van der Waals surface area contributed by atoms with E-state index in [9.17, 15) is 0 Å². The van der Waals surface area contributed by atoms with E-state index in [1.807, 2.05) is 25.4 Å². The number of hydrogen-bond donors (Lipinski definition) is 0. The summed E-state index contributed by atoms with van der Waals surface area (Å²) in [7, 11) is 3.64. The summed E-state index contributed by atoms with van der Waals surface area (Å²) < 4.78 is 6.24. The second-order valence-electron chi connectivity index (χ2n) is 3.24. The first-order chi connectivity index (χ1) is 6.70. The number of pyridine rings is 1. The van der Waals surface area contributed by atoms with Gasteiger partial charge in [-0.25, -0.2) is 4.98 Å². The molecule has 0 amide bonds. The number of nitrogens with zero attached hydrogens (tertiary/aromatic N) is 2. The Balaban J connectivity index is 2.70. The number of hydrogen-bond acceptors (Lipinski definition) is 3. The molecule has 0 saturated heterocycles. The average molecular weight is 255 g/mol. The monoisotopic (exact) mass is 254 g/mol. The van der Waals surface area contributed by atoms with E-state index >= 15 is 0 Å². The Hall–Kier alpha value is -1.03. The van der Waals surface area contributed by atoms with Crippen LogP contribution in [0.3, 0.4) is 0 Å². The van der Waals surface area contributed by atoms with Crippen LogP contribution in [0.5, 0.6) is 5.88 Å². The molecule has 0 saturated carbocycles. The Morgan fingerprint density at radius 1 is 1.50 bits per heavy atom. The van der Waals surface area contributed by atoms with Crippen molar-refractivity contribution in [1.82, 2.24) is 9.88 Å². The second-order valence-corrected chi connectivity index (χ2v) is 4.19. The Labute approximate surface area is 90.8 Å². The Kier molecular flexibility index (Phi) is 2.46. The summed E-state index contributed by atoms with van der Waals surface area (Å²) in [6.45, 7) is 0.890. The molecule has 2 heterocycles. The number of halogens is 1. The molecule has 1 aromatic heterocycles. The van der Waals surface area contributed by atoms with Gasteiger partial charge in [-0.3, -0.25) is 0 Å². The molecular weight excluding hydrogens is 244 g/mol. The lowest BCUT2D eigenvalue weighted by molar-refractivity contribution is 0.396. The number of ether oxygens (including phenoxy) is 1. The quantitative estimate of drug-likeness (QED) is 0.720. The Bertz CT molecular complexity index is 470. The molecule has 0 aliphatic carbocycles. The molecule has 0 atom stereocenters. The van der Waals surface area contributed by atoms with Crippen LogP contribution in [0.25, 0.3) is 10.7 Å². The summed E-state index contributed by atoms with van der Waals surface area (Å²) in [4.78, 5) is 6.44. The van der Waals surface area contributed by atoms with Gasteiger partial charge < -0.3 is 9.64 Å². The van der Waals surface area contributed by atoms with Crippen LogP contribution >= 0.6 is 15.9 Å². The molecule has 0 unspecified atom stereocenters. The van der Waals surface area contributed by atoms with Gasteiger partial charge >= 0.3 is 0 Å².